The fourth-order valence-electron chi connectivity index (χ4n) is 3.51. The molecule has 0 spiro atoms. The Labute approximate surface area is 167 Å². The van der Waals surface area contributed by atoms with E-state index in [1.54, 1.807) is 6.20 Å². The standard InChI is InChI=1S/C20H29N5O2S/c1-15(2)25-28(26,27)14-18-7-4-3-6-16(18)10-22-12-19-13-23-24-20(19)17-8-5-9-21-11-17/h3-9,11,15,19-20,22-25H,10,12-14H2,1-2H3. The lowest BCUT2D eigenvalue weighted by Crippen LogP contribution is -2.32. The van der Waals surface area contributed by atoms with Gasteiger partial charge in [-0.3, -0.25) is 10.4 Å². The molecule has 1 aromatic heterocycles. The Morgan fingerprint density at radius 1 is 1.18 bits per heavy atom. The first-order valence-electron chi connectivity index (χ1n) is 9.60. The zero-order chi connectivity index (χ0) is 20.0. The lowest BCUT2D eigenvalue weighted by Gasteiger charge is -2.19. The number of hydrazine groups is 1. The molecule has 1 aliphatic heterocycles. The van der Waals surface area contributed by atoms with E-state index in [-0.39, 0.29) is 17.8 Å². The van der Waals surface area contributed by atoms with E-state index in [0.717, 1.165) is 29.8 Å². The maximum absolute atomic E-state index is 12.3. The van der Waals surface area contributed by atoms with Crippen molar-refractivity contribution in [1.82, 2.24) is 25.9 Å². The number of aromatic nitrogens is 1. The van der Waals surface area contributed by atoms with Crippen molar-refractivity contribution in [3.8, 4) is 0 Å². The second-order valence-electron chi connectivity index (χ2n) is 7.48. The molecule has 1 aliphatic rings. The van der Waals surface area contributed by atoms with Crippen LogP contribution in [0.4, 0.5) is 0 Å². The first-order valence-corrected chi connectivity index (χ1v) is 11.3. The predicted molar refractivity (Wildman–Crippen MR) is 111 cm³/mol. The average Bonchev–Trinajstić information content (AvgIpc) is 3.11. The van der Waals surface area contributed by atoms with Crippen molar-refractivity contribution in [2.75, 3.05) is 13.1 Å². The Morgan fingerprint density at radius 3 is 2.68 bits per heavy atom. The molecule has 0 radical (unpaired) electrons. The van der Waals surface area contributed by atoms with Crippen molar-refractivity contribution in [1.29, 1.82) is 0 Å². The first-order chi connectivity index (χ1) is 13.4. The van der Waals surface area contributed by atoms with Gasteiger partial charge in [-0.2, -0.15) is 0 Å². The minimum absolute atomic E-state index is 0.00607. The SMILES string of the molecule is CC(C)NS(=O)(=O)Cc1ccccc1CNCC1CNNC1c1cccnc1. The monoisotopic (exact) mass is 403 g/mol. The van der Waals surface area contributed by atoms with Crippen molar-refractivity contribution in [3.05, 3.63) is 65.5 Å². The molecular weight excluding hydrogens is 374 g/mol. The van der Waals surface area contributed by atoms with Gasteiger partial charge in [0.2, 0.25) is 10.0 Å². The summed E-state index contributed by atoms with van der Waals surface area (Å²) in [6.07, 6.45) is 3.66. The molecule has 28 heavy (non-hydrogen) atoms. The summed E-state index contributed by atoms with van der Waals surface area (Å²) in [5, 5.41) is 3.49. The lowest BCUT2D eigenvalue weighted by atomic mass is 9.96. The Hall–Kier alpha value is -1.84. The van der Waals surface area contributed by atoms with Crippen LogP contribution in [0.2, 0.25) is 0 Å². The summed E-state index contributed by atoms with van der Waals surface area (Å²) < 4.78 is 27.2. The second kappa shape index (κ2) is 9.58. The van der Waals surface area contributed by atoms with Crippen LogP contribution in [0.25, 0.3) is 0 Å². The molecule has 2 atom stereocenters. The molecule has 7 nitrogen and oxygen atoms in total. The molecule has 0 amide bonds. The highest BCUT2D eigenvalue weighted by Crippen LogP contribution is 2.23. The van der Waals surface area contributed by atoms with Gasteiger partial charge in [-0.15, -0.1) is 0 Å². The molecule has 0 aliphatic carbocycles. The zero-order valence-electron chi connectivity index (χ0n) is 16.4. The van der Waals surface area contributed by atoms with Crippen LogP contribution in [-0.2, 0) is 22.3 Å². The van der Waals surface area contributed by atoms with Gasteiger partial charge in [0.1, 0.15) is 0 Å². The number of pyridine rings is 1. The third-order valence-corrected chi connectivity index (χ3v) is 6.26. The summed E-state index contributed by atoms with van der Waals surface area (Å²) in [5.74, 6) is 0.371. The van der Waals surface area contributed by atoms with E-state index >= 15 is 0 Å². The van der Waals surface area contributed by atoms with Gasteiger partial charge in [0.05, 0.1) is 11.8 Å². The van der Waals surface area contributed by atoms with Gasteiger partial charge in [0.15, 0.2) is 0 Å². The van der Waals surface area contributed by atoms with Gasteiger partial charge in [0, 0.05) is 44.0 Å². The Balaban J connectivity index is 1.59. The fraction of sp³-hybridized carbons (Fsp3) is 0.450. The predicted octanol–water partition coefficient (Wildman–Crippen LogP) is 1.46. The summed E-state index contributed by atoms with van der Waals surface area (Å²) in [6, 6.07) is 11.8. The van der Waals surface area contributed by atoms with E-state index < -0.39 is 10.0 Å². The summed E-state index contributed by atoms with van der Waals surface area (Å²) in [6.45, 7) is 5.95. The van der Waals surface area contributed by atoms with Crippen LogP contribution < -0.4 is 20.9 Å². The molecule has 8 heteroatoms. The highest BCUT2D eigenvalue weighted by atomic mass is 32.2. The largest absolute Gasteiger partial charge is 0.312 e. The van der Waals surface area contributed by atoms with Crippen LogP contribution >= 0.6 is 0 Å². The number of hydrogen-bond donors (Lipinski definition) is 4. The molecule has 0 bridgehead atoms. The van der Waals surface area contributed by atoms with Crippen LogP contribution in [0.3, 0.4) is 0 Å². The molecular formula is C20H29N5O2S. The second-order valence-corrected chi connectivity index (χ2v) is 9.23. The molecule has 3 rings (SSSR count). The number of sulfonamides is 1. The molecule has 152 valence electrons. The molecule has 4 N–H and O–H groups in total. The van der Waals surface area contributed by atoms with E-state index in [1.165, 1.54) is 0 Å². The number of hydrogen-bond acceptors (Lipinski definition) is 6. The summed E-state index contributed by atoms with van der Waals surface area (Å²) >= 11 is 0. The van der Waals surface area contributed by atoms with Crippen molar-refractivity contribution in [2.45, 2.75) is 38.2 Å². The van der Waals surface area contributed by atoms with E-state index in [2.05, 4.69) is 31.9 Å². The van der Waals surface area contributed by atoms with Crippen molar-refractivity contribution >= 4 is 10.0 Å². The first kappa shape index (κ1) is 20.9. The van der Waals surface area contributed by atoms with E-state index in [4.69, 9.17) is 0 Å². The minimum atomic E-state index is -3.35. The molecule has 2 aromatic rings. The van der Waals surface area contributed by atoms with E-state index in [1.807, 2.05) is 50.4 Å². The third kappa shape index (κ3) is 5.83. The van der Waals surface area contributed by atoms with Crippen LogP contribution in [0.5, 0.6) is 0 Å². The van der Waals surface area contributed by atoms with Crippen LogP contribution in [-0.4, -0.2) is 32.5 Å². The number of nitrogens with one attached hydrogen (secondary N) is 4. The maximum Gasteiger partial charge on any atom is 0.216 e. The smallest absolute Gasteiger partial charge is 0.216 e. The van der Waals surface area contributed by atoms with Gasteiger partial charge >= 0.3 is 0 Å². The van der Waals surface area contributed by atoms with Gasteiger partial charge in [-0.05, 0) is 36.6 Å². The van der Waals surface area contributed by atoms with Crippen LogP contribution in [0.1, 0.15) is 36.6 Å². The van der Waals surface area contributed by atoms with Gasteiger partial charge in [0.25, 0.3) is 0 Å². The molecule has 2 heterocycles. The summed E-state index contributed by atoms with van der Waals surface area (Å²) in [7, 11) is -3.35. The lowest BCUT2D eigenvalue weighted by molar-refractivity contribution is 0.440. The van der Waals surface area contributed by atoms with Crippen molar-refractivity contribution in [3.63, 3.8) is 0 Å². The normalized spacial score (nSPS) is 20.0. The van der Waals surface area contributed by atoms with Gasteiger partial charge in [-0.25, -0.2) is 18.6 Å². The van der Waals surface area contributed by atoms with Crippen molar-refractivity contribution < 1.29 is 8.42 Å². The topological polar surface area (TPSA) is 95.2 Å². The Morgan fingerprint density at radius 2 is 1.96 bits per heavy atom. The molecule has 1 saturated heterocycles. The van der Waals surface area contributed by atoms with Gasteiger partial charge in [-0.1, -0.05) is 30.3 Å². The fourth-order valence-corrected chi connectivity index (χ4v) is 5.00. The zero-order valence-corrected chi connectivity index (χ0v) is 17.2. The third-order valence-electron chi connectivity index (χ3n) is 4.74. The quantitative estimate of drug-likeness (QED) is 0.506. The highest BCUT2D eigenvalue weighted by Gasteiger charge is 2.28. The number of rotatable bonds is 9. The van der Waals surface area contributed by atoms with Crippen LogP contribution in [0, 0.1) is 5.92 Å². The summed E-state index contributed by atoms with van der Waals surface area (Å²) in [4.78, 5) is 4.21. The Kier molecular flexibility index (Phi) is 7.14. The average molecular weight is 404 g/mol. The van der Waals surface area contributed by atoms with E-state index in [0.29, 0.717) is 12.5 Å². The highest BCUT2D eigenvalue weighted by molar-refractivity contribution is 7.88. The maximum atomic E-state index is 12.3. The minimum Gasteiger partial charge on any atom is -0.312 e. The number of nitrogens with zero attached hydrogens (tertiary/aromatic N) is 1. The van der Waals surface area contributed by atoms with E-state index in [9.17, 15) is 8.42 Å². The molecule has 0 saturated carbocycles. The summed E-state index contributed by atoms with van der Waals surface area (Å²) in [5.41, 5.74) is 9.53. The number of benzene rings is 1. The molecule has 1 aromatic carbocycles. The Bertz CT molecular complexity index is 858. The van der Waals surface area contributed by atoms with Gasteiger partial charge < -0.3 is 5.32 Å². The molecule has 1 fully saturated rings. The molecule has 2 unspecified atom stereocenters. The van der Waals surface area contributed by atoms with Crippen molar-refractivity contribution in [2.24, 2.45) is 5.92 Å². The van der Waals surface area contributed by atoms with Crippen LogP contribution in [0.15, 0.2) is 48.8 Å².